The summed E-state index contributed by atoms with van der Waals surface area (Å²) in [6.07, 6.45) is -5.81. The molecule has 0 unspecified atom stereocenters. The number of hydrogen-bond acceptors (Lipinski definition) is 6. The molecule has 0 saturated carbocycles. The maximum Gasteiger partial charge on any atom is 0.184 e. The predicted octanol–water partition coefficient (Wildman–Crippen LogP) is -2.57. The Morgan fingerprint density at radius 2 is 1.85 bits per heavy atom. The molecule has 13 heavy (non-hydrogen) atoms. The first-order valence-corrected chi connectivity index (χ1v) is 3.95. The Kier molecular flexibility index (Phi) is 3.60. The van der Waals surface area contributed by atoms with Crippen LogP contribution in [0.15, 0.2) is 0 Å². The van der Waals surface area contributed by atoms with Crippen molar-refractivity contribution in [3.8, 4) is 0 Å². The molecule has 0 aromatic heterocycles. The molecule has 6 heteroatoms. The normalized spacial score (nSPS) is 46.4. The molecule has 78 valence electrons. The van der Waals surface area contributed by atoms with E-state index >= 15 is 0 Å². The summed E-state index contributed by atoms with van der Waals surface area (Å²) in [4.78, 5) is 0. The van der Waals surface area contributed by atoms with Crippen LogP contribution in [0.3, 0.4) is 0 Å². The third-order valence-corrected chi connectivity index (χ3v) is 2.11. The molecule has 0 aromatic carbocycles. The molecule has 0 bridgehead atoms. The lowest BCUT2D eigenvalue weighted by molar-refractivity contribution is -0.290. The van der Waals surface area contributed by atoms with E-state index in [0.717, 1.165) is 0 Å². The standard InChI is InChI=1S/C7H14O6/c1-12-6-3(2-8)13-7(11)5(10)4(6)9/h3-11H,2H2,1H3/t3-,4-,5+,6+,7-/m0/s1. The van der Waals surface area contributed by atoms with Crippen molar-refractivity contribution in [3.63, 3.8) is 0 Å². The maximum absolute atomic E-state index is 9.38. The molecular formula is C7H14O6. The highest BCUT2D eigenvalue weighted by molar-refractivity contribution is 4.89. The van der Waals surface area contributed by atoms with Crippen molar-refractivity contribution in [3.05, 3.63) is 0 Å². The van der Waals surface area contributed by atoms with E-state index in [4.69, 9.17) is 19.7 Å². The molecule has 6 nitrogen and oxygen atoms in total. The summed E-state index contributed by atoms with van der Waals surface area (Å²) < 4.78 is 9.61. The number of aliphatic hydroxyl groups excluding tert-OH is 4. The van der Waals surface area contributed by atoms with Crippen molar-refractivity contribution in [1.82, 2.24) is 0 Å². The summed E-state index contributed by atoms with van der Waals surface area (Å²) in [6.45, 7) is -0.390. The largest absolute Gasteiger partial charge is 0.394 e. The second-order valence-electron chi connectivity index (χ2n) is 2.93. The van der Waals surface area contributed by atoms with Crippen LogP contribution in [0.5, 0.6) is 0 Å². The van der Waals surface area contributed by atoms with Gasteiger partial charge in [-0.2, -0.15) is 0 Å². The lowest BCUT2D eigenvalue weighted by Crippen LogP contribution is -2.59. The van der Waals surface area contributed by atoms with Crippen LogP contribution in [0.1, 0.15) is 0 Å². The van der Waals surface area contributed by atoms with Crippen molar-refractivity contribution in [2.45, 2.75) is 30.7 Å². The number of methoxy groups -OCH3 is 1. The minimum atomic E-state index is -1.49. The van der Waals surface area contributed by atoms with Crippen molar-refractivity contribution in [2.75, 3.05) is 13.7 Å². The fourth-order valence-electron chi connectivity index (χ4n) is 1.36. The van der Waals surface area contributed by atoms with E-state index in [1.807, 2.05) is 0 Å². The second kappa shape index (κ2) is 4.32. The lowest BCUT2D eigenvalue weighted by Gasteiger charge is -2.39. The Balaban J connectivity index is 2.69. The van der Waals surface area contributed by atoms with Gasteiger partial charge in [-0.15, -0.1) is 0 Å². The maximum atomic E-state index is 9.38. The fourth-order valence-corrected chi connectivity index (χ4v) is 1.36. The van der Waals surface area contributed by atoms with Gasteiger partial charge in [-0.05, 0) is 0 Å². The minimum Gasteiger partial charge on any atom is -0.394 e. The summed E-state index contributed by atoms with van der Waals surface area (Å²) in [5, 5.41) is 36.4. The van der Waals surface area contributed by atoms with Gasteiger partial charge in [0.2, 0.25) is 0 Å². The van der Waals surface area contributed by atoms with Gasteiger partial charge in [0.15, 0.2) is 6.29 Å². The zero-order valence-corrected chi connectivity index (χ0v) is 7.20. The molecule has 0 aliphatic carbocycles. The molecule has 1 heterocycles. The molecule has 5 atom stereocenters. The Hall–Kier alpha value is -0.240. The summed E-state index contributed by atoms with van der Waals surface area (Å²) in [5.74, 6) is 0. The van der Waals surface area contributed by atoms with Crippen LogP contribution >= 0.6 is 0 Å². The van der Waals surface area contributed by atoms with Crippen molar-refractivity contribution in [1.29, 1.82) is 0 Å². The Labute approximate surface area is 75.3 Å². The van der Waals surface area contributed by atoms with Gasteiger partial charge in [0.05, 0.1) is 6.61 Å². The quantitative estimate of drug-likeness (QED) is 0.386. The van der Waals surface area contributed by atoms with Crippen LogP contribution in [-0.4, -0.2) is 64.8 Å². The van der Waals surface area contributed by atoms with Crippen LogP contribution in [0.25, 0.3) is 0 Å². The van der Waals surface area contributed by atoms with Crippen LogP contribution in [0.2, 0.25) is 0 Å². The second-order valence-corrected chi connectivity index (χ2v) is 2.93. The van der Waals surface area contributed by atoms with Crippen LogP contribution in [0.4, 0.5) is 0 Å². The number of aliphatic hydroxyl groups is 4. The number of ether oxygens (including phenoxy) is 2. The Bertz CT molecular complexity index is 161. The molecule has 0 radical (unpaired) electrons. The summed E-state index contributed by atoms with van der Waals surface area (Å²) >= 11 is 0. The summed E-state index contributed by atoms with van der Waals surface area (Å²) in [5.41, 5.74) is 0. The van der Waals surface area contributed by atoms with Gasteiger partial charge in [0, 0.05) is 7.11 Å². The third-order valence-electron chi connectivity index (χ3n) is 2.11. The highest BCUT2D eigenvalue weighted by Crippen LogP contribution is 2.21. The molecule has 0 amide bonds. The highest BCUT2D eigenvalue weighted by Gasteiger charge is 2.43. The van der Waals surface area contributed by atoms with E-state index < -0.39 is 30.7 Å². The molecule has 1 fully saturated rings. The van der Waals surface area contributed by atoms with Crippen molar-refractivity contribution in [2.24, 2.45) is 0 Å². The smallest absolute Gasteiger partial charge is 0.184 e. The Morgan fingerprint density at radius 1 is 1.23 bits per heavy atom. The number of hydrogen-bond donors (Lipinski definition) is 4. The van der Waals surface area contributed by atoms with Gasteiger partial charge in [-0.1, -0.05) is 0 Å². The van der Waals surface area contributed by atoms with E-state index in [1.165, 1.54) is 7.11 Å². The average Bonchev–Trinajstić information content (AvgIpc) is 2.13. The fraction of sp³-hybridized carbons (Fsp3) is 1.00. The van der Waals surface area contributed by atoms with E-state index in [9.17, 15) is 10.2 Å². The third kappa shape index (κ3) is 1.98. The predicted molar refractivity (Wildman–Crippen MR) is 40.8 cm³/mol. The highest BCUT2D eigenvalue weighted by atomic mass is 16.6. The minimum absolute atomic E-state index is 0.390. The monoisotopic (exact) mass is 194 g/mol. The van der Waals surface area contributed by atoms with Gasteiger partial charge >= 0.3 is 0 Å². The first-order valence-electron chi connectivity index (χ1n) is 3.95. The topological polar surface area (TPSA) is 99.4 Å². The van der Waals surface area contributed by atoms with E-state index in [1.54, 1.807) is 0 Å². The van der Waals surface area contributed by atoms with Crippen LogP contribution in [-0.2, 0) is 9.47 Å². The van der Waals surface area contributed by atoms with Crippen molar-refractivity contribution < 1.29 is 29.9 Å². The summed E-state index contributed by atoms with van der Waals surface area (Å²) in [6, 6.07) is 0. The van der Waals surface area contributed by atoms with Gasteiger partial charge in [0.1, 0.15) is 24.4 Å². The van der Waals surface area contributed by atoms with E-state index in [-0.39, 0.29) is 6.61 Å². The van der Waals surface area contributed by atoms with Crippen LogP contribution in [0, 0.1) is 0 Å². The lowest BCUT2D eigenvalue weighted by atomic mass is 9.99. The average molecular weight is 194 g/mol. The van der Waals surface area contributed by atoms with E-state index in [2.05, 4.69) is 0 Å². The van der Waals surface area contributed by atoms with Crippen LogP contribution < -0.4 is 0 Å². The zero-order chi connectivity index (χ0) is 10.0. The SMILES string of the molecule is CO[C@H]1[C@@H](O)[C@@H](O)[C@@H](O)O[C@H]1CO. The molecule has 1 rings (SSSR count). The Morgan fingerprint density at radius 3 is 2.31 bits per heavy atom. The van der Waals surface area contributed by atoms with Gasteiger partial charge in [-0.3, -0.25) is 0 Å². The van der Waals surface area contributed by atoms with Gasteiger partial charge < -0.3 is 29.9 Å². The van der Waals surface area contributed by atoms with Gasteiger partial charge in [0.25, 0.3) is 0 Å². The molecule has 1 saturated heterocycles. The molecule has 1 aliphatic heterocycles. The molecular weight excluding hydrogens is 180 g/mol. The molecule has 1 aliphatic rings. The van der Waals surface area contributed by atoms with Crippen molar-refractivity contribution >= 4 is 0 Å². The zero-order valence-electron chi connectivity index (χ0n) is 7.20. The molecule has 0 spiro atoms. The molecule has 0 aromatic rings. The van der Waals surface area contributed by atoms with E-state index in [0.29, 0.717) is 0 Å². The number of rotatable bonds is 2. The first-order chi connectivity index (χ1) is 6.11. The first kappa shape index (κ1) is 10.8. The molecule has 4 N–H and O–H groups in total. The van der Waals surface area contributed by atoms with Gasteiger partial charge in [-0.25, -0.2) is 0 Å². The summed E-state index contributed by atoms with van der Waals surface area (Å²) in [7, 11) is 1.32.